The summed E-state index contributed by atoms with van der Waals surface area (Å²) >= 11 is 4.20. The van der Waals surface area contributed by atoms with Gasteiger partial charge in [-0.15, -0.1) is 0 Å². The Labute approximate surface area is 166 Å². The summed E-state index contributed by atoms with van der Waals surface area (Å²) in [4.78, 5) is 19.7. The summed E-state index contributed by atoms with van der Waals surface area (Å²) in [5, 5.41) is 0. The fraction of sp³-hybridized carbons (Fsp3) is 0.500. The predicted molar refractivity (Wildman–Crippen MR) is 110 cm³/mol. The van der Waals surface area contributed by atoms with Crippen LogP contribution < -0.4 is 10.5 Å². The van der Waals surface area contributed by atoms with Crippen LogP contribution in [0.25, 0.3) is 11.3 Å². The first kappa shape index (κ1) is 19.8. The van der Waals surface area contributed by atoms with E-state index in [4.69, 9.17) is 15.5 Å². The highest BCUT2D eigenvalue weighted by atomic mass is 32.1. The molecule has 1 aromatic carbocycles. The number of nitrogens with zero attached hydrogens (tertiary/aromatic N) is 3. The summed E-state index contributed by atoms with van der Waals surface area (Å²) in [6, 6.07) is 7.07. The van der Waals surface area contributed by atoms with E-state index in [1.54, 1.807) is 7.11 Å². The Morgan fingerprint density at radius 3 is 2.70 bits per heavy atom. The number of methoxy groups -OCH3 is 1. The average molecular weight is 389 g/mol. The molecular formula is C20H28N4O2S. The second-order valence-corrected chi connectivity index (χ2v) is 8.33. The fourth-order valence-corrected chi connectivity index (χ4v) is 3.84. The fourth-order valence-electron chi connectivity index (χ4n) is 3.68. The van der Waals surface area contributed by atoms with E-state index in [1.807, 2.05) is 35.4 Å². The Morgan fingerprint density at radius 2 is 2.07 bits per heavy atom. The monoisotopic (exact) mass is 388 g/mol. The van der Waals surface area contributed by atoms with Crippen LogP contribution in [0.4, 0.5) is 0 Å². The van der Waals surface area contributed by atoms with Crippen LogP contribution in [-0.4, -0.2) is 45.8 Å². The maximum atomic E-state index is 12.9. The highest BCUT2D eigenvalue weighted by Crippen LogP contribution is 2.41. The van der Waals surface area contributed by atoms with Crippen LogP contribution in [0.15, 0.2) is 30.5 Å². The maximum absolute atomic E-state index is 12.9. The van der Waals surface area contributed by atoms with Crippen LogP contribution in [0.1, 0.15) is 32.6 Å². The molecule has 1 aromatic heterocycles. The molecule has 0 saturated heterocycles. The first-order valence-electron chi connectivity index (χ1n) is 9.15. The summed E-state index contributed by atoms with van der Waals surface area (Å²) in [7, 11) is 1.66. The number of carbonyl (C=O) groups excluding carboxylic acids is 1. The van der Waals surface area contributed by atoms with Crippen molar-refractivity contribution in [2.24, 2.45) is 11.1 Å². The number of aromatic nitrogens is 2. The molecule has 27 heavy (non-hydrogen) atoms. The van der Waals surface area contributed by atoms with Crippen molar-refractivity contribution in [3.05, 3.63) is 36.3 Å². The predicted octanol–water partition coefficient (Wildman–Crippen LogP) is 2.75. The quantitative estimate of drug-likeness (QED) is 0.790. The number of benzene rings is 1. The topological polar surface area (TPSA) is 73.4 Å². The van der Waals surface area contributed by atoms with Crippen molar-refractivity contribution in [1.29, 1.82) is 0 Å². The van der Waals surface area contributed by atoms with Gasteiger partial charge in [0.2, 0.25) is 5.91 Å². The van der Waals surface area contributed by atoms with Crippen LogP contribution in [0.5, 0.6) is 5.75 Å². The molecule has 1 aliphatic rings. The van der Waals surface area contributed by atoms with Gasteiger partial charge in [-0.05, 0) is 17.5 Å². The Kier molecular flexibility index (Phi) is 5.53. The van der Waals surface area contributed by atoms with Gasteiger partial charge in [0.05, 0.1) is 24.9 Å². The highest BCUT2D eigenvalue weighted by molar-refractivity contribution is 7.80. The lowest BCUT2D eigenvalue weighted by atomic mass is 9.83. The summed E-state index contributed by atoms with van der Waals surface area (Å²) in [6.45, 7) is 7.66. The van der Waals surface area contributed by atoms with E-state index in [9.17, 15) is 4.79 Å². The Bertz CT molecular complexity index is 828. The molecule has 1 aliphatic heterocycles. The molecule has 0 bridgehead atoms. The number of nitrogens with two attached hydrogens (primary N) is 1. The smallest absolute Gasteiger partial charge is 0.241 e. The molecule has 1 amide bonds. The van der Waals surface area contributed by atoms with Crippen LogP contribution in [0.2, 0.25) is 0 Å². The lowest BCUT2D eigenvalue weighted by molar-refractivity contribution is -0.138. The number of imidazole rings is 1. The van der Waals surface area contributed by atoms with E-state index in [1.165, 1.54) is 0 Å². The number of para-hydroxylation sites is 1. The number of thiol groups is 1. The Balaban J connectivity index is 2.06. The lowest BCUT2D eigenvalue weighted by Gasteiger charge is -2.43. The molecule has 2 N–H and O–H groups in total. The maximum Gasteiger partial charge on any atom is 0.241 e. The van der Waals surface area contributed by atoms with Crippen molar-refractivity contribution < 1.29 is 9.53 Å². The van der Waals surface area contributed by atoms with Crippen LogP contribution in [-0.2, 0) is 11.3 Å². The van der Waals surface area contributed by atoms with Crippen molar-refractivity contribution in [2.75, 3.05) is 19.4 Å². The molecule has 2 heterocycles. The summed E-state index contributed by atoms with van der Waals surface area (Å²) < 4.78 is 7.64. The Hall–Kier alpha value is -1.99. The standard InChI is InChI=1S/C20H28N4O2S/c1-20(2,3)17-18-22-15(13-7-5-6-8-16(13)26-4)11-23(18)9-10-24(17)19(25)14(21)12-27/h5-8,11,14,17,27H,9-10,12,21H2,1-4H3. The zero-order chi connectivity index (χ0) is 19.8. The van der Waals surface area contributed by atoms with Crippen molar-refractivity contribution >= 4 is 18.5 Å². The van der Waals surface area contributed by atoms with Crippen LogP contribution in [0.3, 0.4) is 0 Å². The van der Waals surface area contributed by atoms with Gasteiger partial charge in [0.25, 0.3) is 0 Å². The lowest BCUT2D eigenvalue weighted by Crippen LogP contribution is -2.53. The second kappa shape index (κ2) is 7.56. The number of ether oxygens (including phenoxy) is 1. The van der Waals surface area contributed by atoms with Gasteiger partial charge in [-0.2, -0.15) is 12.6 Å². The first-order chi connectivity index (χ1) is 12.8. The molecule has 6 nitrogen and oxygen atoms in total. The third-order valence-electron chi connectivity index (χ3n) is 4.95. The van der Waals surface area contributed by atoms with E-state index < -0.39 is 6.04 Å². The largest absolute Gasteiger partial charge is 0.496 e. The average Bonchev–Trinajstić information content (AvgIpc) is 3.08. The Morgan fingerprint density at radius 1 is 1.37 bits per heavy atom. The minimum Gasteiger partial charge on any atom is -0.496 e. The van der Waals surface area contributed by atoms with Gasteiger partial charge in [0.1, 0.15) is 11.6 Å². The van der Waals surface area contributed by atoms with Crippen LogP contribution >= 0.6 is 12.6 Å². The zero-order valence-corrected chi connectivity index (χ0v) is 17.2. The third-order valence-corrected chi connectivity index (χ3v) is 5.34. The van der Waals surface area contributed by atoms with E-state index >= 15 is 0 Å². The molecule has 7 heteroatoms. The van der Waals surface area contributed by atoms with Gasteiger partial charge in [0.15, 0.2) is 0 Å². The molecule has 2 atom stereocenters. The second-order valence-electron chi connectivity index (χ2n) is 7.97. The summed E-state index contributed by atoms with van der Waals surface area (Å²) in [5.74, 6) is 1.92. The highest BCUT2D eigenvalue weighted by Gasteiger charge is 2.41. The van der Waals surface area contributed by atoms with E-state index in [-0.39, 0.29) is 17.4 Å². The molecule has 146 valence electrons. The molecule has 0 spiro atoms. The van der Waals surface area contributed by atoms with E-state index in [2.05, 4.69) is 38.0 Å². The third kappa shape index (κ3) is 3.71. The van der Waals surface area contributed by atoms with Gasteiger partial charge in [-0.3, -0.25) is 4.79 Å². The number of amides is 1. The minimum absolute atomic E-state index is 0.0713. The summed E-state index contributed by atoms with van der Waals surface area (Å²) in [6.07, 6.45) is 2.05. The molecule has 2 unspecified atom stereocenters. The van der Waals surface area contributed by atoms with Crippen molar-refractivity contribution in [3.8, 4) is 17.0 Å². The van der Waals surface area contributed by atoms with Gasteiger partial charge >= 0.3 is 0 Å². The minimum atomic E-state index is -0.603. The van der Waals surface area contributed by atoms with E-state index in [0.717, 1.165) is 22.8 Å². The van der Waals surface area contributed by atoms with Crippen molar-refractivity contribution in [1.82, 2.24) is 14.5 Å². The molecule has 0 radical (unpaired) electrons. The molecular weight excluding hydrogens is 360 g/mol. The molecule has 0 aliphatic carbocycles. The zero-order valence-electron chi connectivity index (χ0n) is 16.3. The summed E-state index contributed by atoms with van der Waals surface area (Å²) in [5.41, 5.74) is 7.60. The number of fused-ring (bicyclic) bond motifs is 1. The SMILES string of the molecule is COc1ccccc1-c1cn2c(n1)C(C(C)(C)C)N(C(=O)C(N)CS)CC2. The van der Waals surface area contributed by atoms with Gasteiger partial charge in [0, 0.05) is 30.6 Å². The van der Waals surface area contributed by atoms with Gasteiger partial charge < -0.3 is 19.9 Å². The molecule has 3 rings (SSSR count). The number of carbonyl (C=O) groups is 1. The van der Waals surface area contributed by atoms with Crippen molar-refractivity contribution in [2.45, 2.75) is 39.4 Å². The molecule has 0 fully saturated rings. The number of hydrogen-bond acceptors (Lipinski definition) is 5. The first-order valence-corrected chi connectivity index (χ1v) is 9.78. The number of hydrogen-bond donors (Lipinski definition) is 2. The van der Waals surface area contributed by atoms with Gasteiger partial charge in [-0.1, -0.05) is 32.9 Å². The van der Waals surface area contributed by atoms with Gasteiger partial charge in [-0.25, -0.2) is 4.98 Å². The van der Waals surface area contributed by atoms with E-state index in [0.29, 0.717) is 18.8 Å². The normalized spacial score (nSPS) is 18.1. The van der Waals surface area contributed by atoms with Crippen LogP contribution in [0, 0.1) is 5.41 Å². The number of rotatable bonds is 4. The molecule has 2 aromatic rings. The molecule has 0 saturated carbocycles. The van der Waals surface area contributed by atoms with Crippen molar-refractivity contribution in [3.63, 3.8) is 0 Å².